The van der Waals surface area contributed by atoms with Gasteiger partial charge in [-0.15, -0.1) is 0 Å². The number of hydrazine groups is 1. The van der Waals surface area contributed by atoms with Gasteiger partial charge in [0.15, 0.2) is 0 Å². The lowest BCUT2D eigenvalue weighted by Crippen LogP contribution is -2.34. The van der Waals surface area contributed by atoms with Crippen molar-refractivity contribution < 1.29 is 5.11 Å². The SMILES string of the molecule is CC(CO)NN. The van der Waals surface area contributed by atoms with Crippen LogP contribution in [0, 0.1) is 0 Å². The Morgan fingerprint density at radius 1 is 2.00 bits per heavy atom. The van der Waals surface area contributed by atoms with Crippen molar-refractivity contribution in [1.29, 1.82) is 0 Å². The highest BCUT2D eigenvalue weighted by Crippen LogP contribution is 1.68. The molecule has 0 amide bonds. The number of rotatable bonds is 2. The zero-order valence-corrected chi connectivity index (χ0v) is 3.81. The van der Waals surface area contributed by atoms with E-state index in [0.717, 1.165) is 0 Å². The lowest BCUT2D eigenvalue weighted by Gasteiger charge is -2.01. The molecule has 0 fully saturated rings. The third-order valence-corrected chi connectivity index (χ3v) is 0.558. The fourth-order valence-electron chi connectivity index (χ4n) is 0.0527. The van der Waals surface area contributed by atoms with Gasteiger partial charge < -0.3 is 5.11 Å². The highest BCUT2D eigenvalue weighted by atomic mass is 16.3. The van der Waals surface area contributed by atoms with Gasteiger partial charge in [0.2, 0.25) is 0 Å². The van der Waals surface area contributed by atoms with Crippen LogP contribution >= 0.6 is 0 Å². The molecule has 6 heavy (non-hydrogen) atoms. The second-order valence-corrected chi connectivity index (χ2v) is 1.25. The quantitative estimate of drug-likeness (QED) is 0.296. The van der Waals surface area contributed by atoms with E-state index in [1.807, 2.05) is 0 Å². The molecule has 0 aromatic rings. The minimum absolute atomic E-state index is 0.0185. The van der Waals surface area contributed by atoms with Gasteiger partial charge >= 0.3 is 0 Å². The first-order chi connectivity index (χ1) is 2.81. The van der Waals surface area contributed by atoms with E-state index in [2.05, 4.69) is 5.43 Å². The zero-order chi connectivity index (χ0) is 4.99. The second-order valence-electron chi connectivity index (χ2n) is 1.25. The van der Waals surface area contributed by atoms with E-state index < -0.39 is 0 Å². The number of hydrogen-bond acceptors (Lipinski definition) is 3. The maximum Gasteiger partial charge on any atom is 0.0595 e. The van der Waals surface area contributed by atoms with Crippen molar-refractivity contribution in [2.75, 3.05) is 6.61 Å². The van der Waals surface area contributed by atoms with Crippen LogP contribution in [0.3, 0.4) is 0 Å². The second kappa shape index (κ2) is 3.08. The number of aliphatic hydroxyl groups is 1. The Bertz CT molecular complexity index is 28.0. The van der Waals surface area contributed by atoms with Crippen molar-refractivity contribution in [3.63, 3.8) is 0 Å². The first-order valence-corrected chi connectivity index (χ1v) is 1.88. The monoisotopic (exact) mass is 90.1 g/mol. The van der Waals surface area contributed by atoms with Crippen molar-refractivity contribution in [2.24, 2.45) is 5.84 Å². The fourth-order valence-corrected chi connectivity index (χ4v) is 0.0527. The molecule has 0 aliphatic carbocycles. The Kier molecular flexibility index (Phi) is 3.02. The smallest absolute Gasteiger partial charge is 0.0595 e. The van der Waals surface area contributed by atoms with Crippen LogP contribution < -0.4 is 11.3 Å². The Balaban J connectivity index is 2.75. The summed E-state index contributed by atoms with van der Waals surface area (Å²) in [5.74, 6) is 4.87. The summed E-state index contributed by atoms with van der Waals surface area (Å²) in [6.45, 7) is 1.89. The summed E-state index contributed by atoms with van der Waals surface area (Å²) >= 11 is 0. The molecule has 0 radical (unpaired) electrons. The molecule has 0 heterocycles. The number of hydrogen-bond donors (Lipinski definition) is 3. The van der Waals surface area contributed by atoms with Crippen LogP contribution in [0.2, 0.25) is 0 Å². The topological polar surface area (TPSA) is 58.3 Å². The molecule has 1 atom stereocenters. The van der Waals surface area contributed by atoms with Crippen LogP contribution in [0.15, 0.2) is 0 Å². The van der Waals surface area contributed by atoms with Gasteiger partial charge in [-0.05, 0) is 6.92 Å². The van der Waals surface area contributed by atoms with Gasteiger partial charge in [0.05, 0.1) is 6.61 Å². The molecule has 0 aromatic heterocycles. The van der Waals surface area contributed by atoms with E-state index in [9.17, 15) is 0 Å². The van der Waals surface area contributed by atoms with Crippen molar-refractivity contribution >= 4 is 0 Å². The van der Waals surface area contributed by atoms with Crippen LogP contribution in [0.4, 0.5) is 0 Å². The molecule has 38 valence electrons. The Morgan fingerprint density at radius 3 is 2.50 bits per heavy atom. The largest absolute Gasteiger partial charge is 0.395 e. The summed E-state index contributed by atoms with van der Waals surface area (Å²) in [4.78, 5) is 0. The van der Waals surface area contributed by atoms with Gasteiger partial charge in [-0.1, -0.05) is 0 Å². The minimum atomic E-state index is 0.0185. The molecule has 0 rings (SSSR count). The fraction of sp³-hybridized carbons (Fsp3) is 1.00. The molecule has 0 aliphatic rings. The summed E-state index contributed by atoms with van der Waals surface area (Å²) in [5, 5.41) is 8.19. The third kappa shape index (κ3) is 2.14. The standard InChI is InChI=1S/C3H10N2O/c1-3(2-6)5-4/h3,5-6H,2,4H2,1H3. The van der Waals surface area contributed by atoms with Gasteiger partial charge in [0.25, 0.3) is 0 Å². The molecule has 3 heteroatoms. The first-order valence-electron chi connectivity index (χ1n) is 1.88. The first kappa shape index (κ1) is 5.88. The molecule has 0 bridgehead atoms. The molecular weight excluding hydrogens is 80.0 g/mol. The summed E-state index contributed by atoms with van der Waals surface area (Å²) in [7, 11) is 0. The third-order valence-electron chi connectivity index (χ3n) is 0.558. The normalized spacial score (nSPS) is 14.5. The predicted molar refractivity (Wildman–Crippen MR) is 23.9 cm³/mol. The average molecular weight is 90.1 g/mol. The van der Waals surface area contributed by atoms with Crippen LogP contribution in [0.1, 0.15) is 6.92 Å². The van der Waals surface area contributed by atoms with Gasteiger partial charge in [-0.25, -0.2) is 0 Å². The Morgan fingerprint density at radius 2 is 2.50 bits per heavy atom. The molecule has 0 saturated carbocycles. The predicted octanol–water partition coefficient (Wildman–Crippen LogP) is -1.17. The Hall–Kier alpha value is -0.120. The van der Waals surface area contributed by atoms with E-state index in [1.54, 1.807) is 6.92 Å². The zero-order valence-electron chi connectivity index (χ0n) is 3.81. The molecule has 0 spiro atoms. The van der Waals surface area contributed by atoms with E-state index >= 15 is 0 Å². The Labute approximate surface area is 37.1 Å². The van der Waals surface area contributed by atoms with Gasteiger partial charge in [-0.2, -0.15) is 0 Å². The van der Waals surface area contributed by atoms with Crippen LogP contribution in [0.5, 0.6) is 0 Å². The van der Waals surface area contributed by atoms with E-state index in [4.69, 9.17) is 10.9 Å². The van der Waals surface area contributed by atoms with Crippen LogP contribution in [0.25, 0.3) is 0 Å². The van der Waals surface area contributed by atoms with Crippen LogP contribution in [-0.4, -0.2) is 17.8 Å². The van der Waals surface area contributed by atoms with E-state index in [1.165, 1.54) is 0 Å². The minimum Gasteiger partial charge on any atom is -0.395 e. The molecule has 0 aromatic carbocycles. The highest BCUT2D eigenvalue weighted by Gasteiger charge is 1.88. The van der Waals surface area contributed by atoms with Crippen molar-refractivity contribution in [2.45, 2.75) is 13.0 Å². The van der Waals surface area contributed by atoms with Gasteiger partial charge in [0.1, 0.15) is 0 Å². The lowest BCUT2D eigenvalue weighted by atomic mass is 10.4. The number of nitrogens with two attached hydrogens (primary N) is 1. The highest BCUT2D eigenvalue weighted by molar-refractivity contribution is 4.47. The number of nitrogens with one attached hydrogen (secondary N) is 1. The number of aliphatic hydroxyl groups excluding tert-OH is 1. The molecule has 3 nitrogen and oxygen atoms in total. The van der Waals surface area contributed by atoms with E-state index in [0.29, 0.717) is 0 Å². The summed E-state index contributed by atoms with van der Waals surface area (Å²) in [5.41, 5.74) is 2.36. The lowest BCUT2D eigenvalue weighted by molar-refractivity contribution is 0.253. The average Bonchev–Trinajstić information content (AvgIpc) is 1.65. The van der Waals surface area contributed by atoms with Gasteiger partial charge in [-0.3, -0.25) is 11.3 Å². The maximum absolute atomic E-state index is 8.19. The van der Waals surface area contributed by atoms with Crippen LogP contribution in [-0.2, 0) is 0 Å². The molecule has 0 saturated heterocycles. The van der Waals surface area contributed by atoms with Crippen molar-refractivity contribution in [1.82, 2.24) is 5.43 Å². The summed E-state index contributed by atoms with van der Waals surface area (Å²) < 4.78 is 0. The van der Waals surface area contributed by atoms with Crippen molar-refractivity contribution in [3.05, 3.63) is 0 Å². The van der Waals surface area contributed by atoms with E-state index in [-0.39, 0.29) is 12.6 Å². The maximum atomic E-state index is 8.19. The summed E-state index contributed by atoms with van der Waals surface area (Å²) in [6.07, 6.45) is 0. The molecule has 0 aliphatic heterocycles. The molecule has 4 N–H and O–H groups in total. The molecular formula is C3H10N2O. The molecule has 1 unspecified atom stereocenters. The van der Waals surface area contributed by atoms with Crippen molar-refractivity contribution in [3.8, 4) is 0 Å². The summed E-state index contributed by atoms with van der Waals surface area (Å²) in [6, 6.07) is 0.0185. The van der Waals surface area contributed by atoms with Gasteiger partial charge in [0, 0.05) is 6.04 Å².